The van der Waals surface area contributed by atoms with E-state index in [9.17, 15) is 9.59 Å². The zero-order valence-corrected chi connectivity index (χ0v) is 18.6. The number of benzene rings is 2. The summed E-state index contributed by atoms with van der Waals surface area (Å²) in [5.41, 5.74) is 2.51. The minimum atomic E-state index is -0.319. The molecule has 9 heteroatoms. The van der Waals surface area contributed by atoms with Crippen LogP contribution < -0.4 is 15.4 Å². The van der Waals surface area contributed by atoms with Crippen LogP contribution in [0.15, 0.2) is 79.4 Å². The second-order valence-electron chi connectivity index (χ2n) is 7.23. The van der Waals surface area contributed by atoms with E-state index in [1.165, 1.54) is 7.11 Å². The summed E-state index contributed by atoms with van der Waals surface area (Å²) >= 11 is 6.43. The number of ether oxygens (including phenoxy) is 1. The molecule has 0 saturated carbocycles. The van der Waals surface area contributed by atoms with E-state index in [0.717, 1.165) is 5.56 Å². The highest BCUT2D eigenvalue weighted by atomic mass is 35.5. The summed E-state index contributed by atoms with van der Waals surface area (Å²) in [7, 11) is 1.51. The van der Waals surface area contributed by atoms with Crippen molar-refractivity contribution in [1.29, 1.82) is 0 Å². The van der Waals surface area contributed by atoms with Crippen LogP contribution in [0.4, 0.5) is 5.69 Å². The van der Waals surface area contributed by atoms with Crippen molar-refractivity contribution < 1.29 is 14.3 Å². The van der Waals surface area contributed by atoms with Crippen molar-refractivity contribution in [1.82, 2.24) is 19.7 Å². The van der Waals surface area contributed by atoms with Gasteiger partial charge in [0.15, 0.2) is 0 Å². The highest BCUT2D eigenvalue weighted by Gasteiger charge is 2.16. The first kappa shape index (κ1) is 22.2. The number of halogens is 1. The minimum Gasteiger partial charge on any atom is -0.496 e. The molecule has 0 aliphatic heterocycles. The van der Waals surface area contributed by atoms with E-state index in [0.29, 0.717) is 27.7 Å². The fraction of sp³-hybridized carbons (Fsp3) is 0.125. The Morgan fingerprint density at radius 1 is 1.06 bits per heavy atom. The van der Waals surface area contributed by atoms with Crippen LogP contribution in [0.1, 0.15) is 15.9 Å². The third-order valence-corrected chi connectivity index (χ3v) is 5.23. The molecule has 4 aromatic rings. The Labute approximate surface area is 195 Å². The van der Waals surface area contributed by atoms with Gasteiger partial charge in [0.05, 0.1) is 23.4 Å². The van der Waals surface area contributed by atoms with Gasteiger partial charge in [-0.1, -0.05) is 23.7 Å². The number of methoxy groups -OCH3 is 1. The van der Waals surface area contributed by atoms with Crippen LogP contribution in [0.2, 0.25) is 5.02 Å². The monoisotopic (exact) mass is 463 g/mol. The number of amides is 2. The normalized spacial score (nSPS) is 10.6. The van der Waals surface area contributed by atoms with Crippen molar-refractivity contribution in [2.24, 2.45) is 0 Å². The number of nitrogens with zero attached hydrogens (tertiary/aromatic N) is 3. The van der Waals surface area contributed by atoms with E-state index < -0.39 is 0 Å². The van der Waals surface area contributed by atoms with Gasteiger partial charge < -0.3 is 19.9 Å². The number of carbonyl (C=O) groups excluding carboxylic acids is 2. The molecule has 8 nitrogen and oxygen atoms in total. The standard InChI is InChI=1S/C24H22ClN5O3/c1-33-22-14-21(29-9-2-3-10-29)20(25)13-19(22)24(32)26-15-17-6-4-7-18(12-17)28-23(31)16-30-11-5-8-27-30/h2-14H,15-16H2,1H3,(H,26,32)(H,28,31). The molecular formula is C24H22ClN5O3. The summed E-state index contributed by atoms with van der Waals surface area (Å²) in [6.07, 6.45) is 7.06. The van der Waals surface area contributed by atoms with Gasteiger partial charge in [0, 0.05) is 43.1 Å². The molecule has 0 bridgehead atoms. The molecular weight excluding hydrogens is 442 g/mol. The lowest BCUT2D eigenvalue weighted by Gasteiger charge is -2.14. The van der Waals surface area contributed by atoms with Crippen molar-refractivity contribution in [3.05, 3.63) is 95.5 Å². The minimum absolute atomic E-state index is 0.119. The van der Waals surface area contributed by atoms with Gasteiger partial charge >= 0.3 is 0 Å². The maximum Gasteiger partial charge on any atom is 0.255 e. The Hall–Kier alpha value is -4.04. The van der Waals surface area contributed by atoms with Crippen molar-refractivity contribution in [2.45, 2.75) is 13.1 Å². The van der Waals surface area contributed by atoms with Gasteiger partial charge in [-0.05, 0) is 42.0 Å². The number of hydrogen-bond donors (Lipinski definition) is 2. The Balaban J connectivity index is 1.42. The van der Waals surface area contributed by atoms with Gasteiger partial charge in [0.25, 0.3) is 5.91 Å². The van der Waals surface area contributed by atoms with Crippen molar-refractivity contribution in [3.8, 4) is 11.4 Å². The molecule has 0 spiro atoms. The molecule has 0 aliphatic carbocycles. The fourth-order valence-corrected chi connectivity index (χ4v) is 3.62. The lowest BCUT2D eigenvalue weighted by molar-refractivity contribution is -0.116. The highest BCUT2D eigenvalue weighted by molar-refractivity contribution is 6.33. The second-order valence-corrected chi connectivity index (χ2v) is 7.64. The molecule has 168 valence electrons. The molecule has 2 amide bonds. The first-order chi connectivity index (χ1) is 16.0. The molecule has 2 heterocycles. The van der Waals surface area contributed by atoms with Crippen LogP contribution in [0.25, 0.3) is 5.69 Å². The number of aromatic nitrogens is 3. The number of rotatable bonds is 8. The SMILES string of the molecule is COc1cc(-n2cccc2)c(Cl)cc1C(=O)NCc1cccc(NC(=O)Cn2cccn2)c1. The van der Waals surface area contributed by atoms with Crippen molar-refractivity contribution >= 4 is 29.1 Å². The van der Waals surface area contributed by atoms with E-state index in [-0.39, 0.29) is 24.9 Å². The lowest BCUT2D eigenvalue weighted by atomic mass is 10.1. The van der Waals surface area contributed by atoms with E-state index in [2.05, 4.69) is 15.7 Å². The van der Waals surface area contributed by atoms with E-state index in [1.807, 2.05) is 41.2 Å². The first-order valence-corrected chi connectivity index (χ1v) is 10.6. The summed E-state index contributed by atoms with van der Waals surface area (Å²) in [6.45, 7) is 0.384. The molecule has 2 N–H and O–H groups in total. The summed E-state index contributed by atoms with van der Waals surface area (Å²) in [6, 6.07) is 16.1. The van der Waals surface area contributed by atoms with E-state index in [1.54, 1.807) is 47.4 Å². The Kier molecular flexibility index (Phi) is 6.75. The predicted molar refractivity (Wildman–Crippen MR) is 126 cm³/mol. The van der Waals surface area contributed by atoms with Gasteiger partial charge in [-0.25, -0.2) is 0 Å². The molecule has 2 aromatic carbocycles. The molecule has 0 atom stereocenters. The van der Waals surface area contributed by atoms with Crippen LogP contribution in [0.3, 0.4) is 0 Å². The fourth-order valence-electron chi connectivity index (χ4n) is 3.36. The second kappa shape index (κ2) is 10.1. The van der Waals surface area contributed by atoms with E-state index >= 15 is 0 Å². The maximum absolute atomic E-state index is 12.9. The Morgan fingerprint density at radius 2 is 1.88 bits per heavy atom. The van der Waals surface area contributed by atoms with Crippen molar-refractivity contribution in [2.75, 3.05) is 12.4 Å². The molecule has 4 rings (SSSR count). The Morgan fingerprint density at radius 3 is 2.61 bits per heavy atom. The average molecular weight is 464 g/mol. The van der Waals surface area contributed by atoms with Gasteiger partial charge in [-0.3, -0.25) is 14.3 Å². The zero-order chi connectivity index (χ0) is 23.2. The maximum atomic E-state index is 12.9. The smallest absolute Gasteiger partial charge is 0.255 e. The molecule has 0 fully saturated rings. The summed E-state index contributed by atoms with van der Waals surface area (Å²) < 4.78 is 8.82. The third-order valence-electron chi connectivity index (χ3n) is 4.92. The molecule has 0 aliphatic rings. The van der Waals surface area contributed by atoms with Crippen LogP contribution in [0.5, 0.6) is 5.75 Å². The Bertz CT molecular complexity index is 1250. The number of anilines is 1. The van der Waals surface area contributed by atoms with Crippen molar-refractivity contribution in [3.63, 3.8) is 0 Å². The molecule has 33 heavy (non-hydrogen) atoms. The molecule has 0 unspecified atom stereocenters. The summed E-state index contributed by atoms with van der Waals surface area (Å²) in [4.78, 5) is 25.0. The van der Waals surface area contributed by atoms with Crippen LogP contribution in [0, 0.1) is 0 Å². The predicted octanol–water partition coefficient (Wildman–Crippen LogP) is 3.90. The quantitative estimate of drug-likeness (QED) is 0.414. The molecule has 2 aromatic heterocycles. The summed E-state index contributed by atoms with van der Waals surface area (Å²) in [5, 5.41) is 10.2. The topological polar surface area (TPSA) is 90.2 Å². The third kappa shape index (κ3) is 5.42. The largest absolute Gasteiger partial charge is 0.496 e. The number of carbonyl (C=O) groups is 2. The molecule has 0 radical (unpaired) electrons. The van der Waals surface area contributed by atoms with Gasteiger partial charge in [0.2, 0.25) is 5.91 Å². The van der Waals surface area contributed by atoms with Crippen LogP contribution in [-0.2, 0) is 17.9 Å². The number of nitrogens with one attached hydrogen (secondary N) is 2. The average Bonchev–Trinajstić information content (AvgIpc) is 3.52. The van der Waals surface area contributed by atoms with Crippen LogP contribution >= 0.6 is 11.6 Å². The van der Waals surface area contributed by atoms with Gasteiger partial charge in [-0.2, -0.15) is 5.10 Å². The molecule has 0 saturated heterocycles. The highest BCUT2D eigenvalue weighted by Crippen LogP contribution is 2.30. The lowest BCUT2D eigenvalue weighted by Crippen LogP contribution is -2.24. The first-order valence-electron chi connectivity index (χ1n) is 10.2. The number of hydrogen-bond acceptors (Lipinski definition) is 4. The zero-order valence-electron chi connectivity index (χ0n) is 17.9. The summed E-state index contributed by atoms with van der Waals surface area (Å²) in [5.74, 6) is -0.0943. The van der Waals surface area contributed by atoms with Gasteiger partial charge in [-0.15, -0.1) is 0 Å². The van der Waals surface area contributed by atoms with Crippen LogP contribution in [-0.4, -0.2) is 33.3 Å². The van der Waals surface area contributed by atoms with Gasteiger partial charge in [0.1, 0.15) is 12.3 Å². The van der Waals surface area contributed by atoms with E-state index in [4.69, 9.17) is 16.3 Å².